The van der Waals surface area contributed by atoms with Gasteiger partial charge in [0.05, 0.1) is 12.8 Å². The van der Waals surface area contributed by atoms with Crippen LogP contribution in [0.2, 0.25) is 0 Å². The number of aryl methyl sites for hydroxylation is 1. The third kappa shape index (κ3) is 2.90. The maximum Gasteiger partial charge on any atom is 0.225 e. The molecule has 0 amide bonds. The first-order valence-electron chi connectivity index (χ1n) is 8.57. The van der Waals surface area contributed by atoms with Crippen LogP contribution < -0.4 is 4.90 Å². The number of furan rings is 1. The summed E-state index contributed by atoms with van der Waals surface area (Å²) >= 11 is 0. The summed E-state index contributed by atoms with van der Waals surface area (Å²) in [7, 11) is 0. The third-order valence-electron chi connectivity index (χ3n) is 5.30. The van der Waals surface area contributed by atoms with Gasteiger partial charge in [-0.25, -0.2) is 14.4 Å². The molecule has 0 radical (unpaired) electrons. The maximum absolute atomic E-state index is 14.8. The monoisotopic (exact) mass is 330 g/mol. The van der Waals surface area contributed by atoms with E-state index in [9.17, 15) is 4.39 Å². The molecule has 24 heavy (non-hydrogen) atoms. The summed E-state index contributed by atoms with van der Waals surface area (Å²) in [5.74, 6) is 1.66. The number of alkyl halides is 1. The number of hydrogen-bond donors (Lipinski definition) is 0. The molecule has 2 fully saturated rings. The average molecular weight is 330 g/mol. The van der Waals surface area contributed by atoms with Crippen molar-refractivity contribution >= 4 is 5.95 Å². The topological polar surface area (TPSA) is 45.4 Å². The van der Waals surface area contributed by atoms with Gasteiger partial charge < -0.3 is 9.32 Å². The minimum atomic E-state index is -0.763. The van der Waals surface area contributed by atoms with Gasteiger partial charge in [0.15, 0.2) is 0 Å². The molecule has 0 bridgehead atoms. The Labute approximate surface area is 141 Å². The van der Waals surface area contributed by atoms with Gasteiger partial charge in [-0.15, -0.1) is 0 Å². The molecule has 4 rings (SSSR count). The van der Waals surface area contributed by atoms with Gasteiger partial charge in [-0.3, -0.25) is 4.90 Å². The first-order chi connectivity index (χ1) is 11.6. The quantitative estimate of drug-likeness (QED) is 0.866. The van der Waals surface area contributed by atoms with Gasteiger partial charge in [0.1, 0.15) is 11.9 Å². The van der Waals surface area contributed by atoms with E-state index in [1.54, 1.807) is 6.26 Å². The summed E-state index contributed by atoms with van der Waals surface area (Å²) in [5.41, 5.74) is 0.721. The summed E-state index contributed by atoms with van der Waals surface area (Å²) < 4.78 is 20.3. The molecule has 2 aliphatic rings. The van der Waals surface area contributed by atoms with Crippen LogP contribution in [0.3, 0.4) is 0 Å². The molecule has 2 atom stereocenters. The van der Waals surface area contributed by atoms with Crippen LogP contribution in [0.15, 0.2) is 35.2 Å². The molecule has 0 unspecified atom stereocenters. The highest BCUT2D eigenvalue weighted by atomic mass is 19.1. The van der Waals surface area contributed by atoms with Crippen molar-refractivity contribution in [3.63, 3.8) is 0 Å². The van der Waals surface area contributed by atoms with Crippen LogP contribution in [0, 0.1) is 12.3 Å². The van der Waals surface area contributed by atoms with E-state index in [0.717, 1.165) is 43.3 Å². The Morgan fingerprint density at radius 2 is 2.12 bits per heavy atom. The number of nitrogens with zero attached hydrogens (tertiary/aromatic N) is 4. The summed E-state index contributed by atoms with van der Waals surface area (Å²) in [6.07, 6.45) is 6.00. The van der Waals surface area contributed by atoms with Crippen LogP contribution in [0.25, 0.3) is 0 Å². The van der Waals surface area contributed by atoms with Gasteiger partial charge in [-0.05, 0) is 44.0 Å². The molecule has 0 saturated carbocycles. The van der Waals surface area contributed by atoms with Crippen molar-refractivity contribution in [1.82, 2.24) is 14.9 Å². The van der Waals surface area contributed by atoms with Crippen molar-refractivity contribution in [2.24, 2.45) is 5.41 Å². The van der Waals surface area contributed by atoms with Crippen LogP contribution in [0.4, 0.5) is 10.3 Å². The Morgan fingerprint density at radius 3 is 2.88 bits per heavy atom. The molecule has 2 aromatic heterocycles. The van der Waals surface area contributed by atoms with E-state index in [2.05, 4.69) is 19.8 Å². The SMILES string of the molecule is Cc1cnc(N2CC[C@@H](F)[C@@]3(CCN(Cc4ccco4)C3)C2)nc1. The largest absolute Gasteiger partial charge is 0.468 e. The molecule has 5 nitrogen and oxygen atoms in total. The van der Waals surface area contributed by atoms with E-state index in [1.807, 2.05) is 31.5 Å². The predicted molar refractivity (Wildman–Crippen MR) is 89.5 cm³/mol. The van der Waals surface area contributed by atoms with E-state index < -0.39 is 6.17 Å². The van der Waals surface area contributed by atoms with E-state index in [0.29, 0.717) is 19.5 Å². The van der Waals surface area contributed by atoms with Crippen LogP contribution >= 0.6 is 0 Å². The van der Waals surface area contributed by atoms with Crippen molar-refractivity contribution in [2.45, 2.75) is 32.5 Å². The van der Waals surface area contributed by atoms with Crippen LogP contribution in [-0.4, -0.2) is 47.2 Å². The Morgan fingerprint density at radius 1 is 1.29 bits per heavy atom. The Hall–Kier alpha value is -1.95. The highest BCUT2D eigenvalue weighted by Gasteiger charge is 2.48. The van der Waals surface area contributed by atoms with Gasteiger partial charge in [0.2, 0.25) is 5.95 Å². The minimum absolute atomic E-state index is 0.320. The second-order valence-corrected chi connectivity index (χ2v) is 7.14. The molecule has 0 N–H and O–H groups in total. The molecule has 0 aliphatic carbocycles. The van der Waals surface area contributed by atoms with Crippen molar-refractivity contribution in [2.75, 3.05) is 31.1 Å². The smallest absolute Gasteiger partial charge is 0.225 e. The Bertz CT molecular complexity index is 675. The maximum atomic E-state index is 14.8. The van der Waals surface area contributed by atoms with Crippen LogP contribution in [-0.2, 0) is 6.54 Å². The van der Waals surface area contributed by atoms with E-state index >= 15 is 0 Å². The molecule has 1 spiro atoms. The molecular formula is C18H23FN4O. The second kappa shape index (κ2) is 6.16. The highest BCUT2D eigenvalue weighted by molar-refractivity contribution is 5.32. The second-order valence-electron chi connectivity index (χ2n) is 7.14. The first-order valence-corrected chi connectivity index (χ1v) is 8.57. The summed E-state index contributed by atoms with van der Waals surface area (Å²) in [4.78, 5) is 13.3. The number of piperidine rings is 1. The van der Waals surface area contributed by atoms with Gasteiger partial charge in [0, 0.05) is 37.4 Å². The number of anilines is 1. The zero-order valence-electron chi connectivity index (χ0n) is 14.0. The number of likely N-dealkylation sites (tertiary alicyclic amines) is 1. The molecule has 4 heterocycles. The van der Waals surface area contributed by atoms with Gasteiger partial charge in [-0.1, -0.05) is 0 Å². The fourth-order valence-electron chi connectivity index (χ4n) is 3.98. The molecule has 0 aromatic carbocycles. The van der Waals surface area contributed by atoms with E-state index in [1.165, 1.54) is 0 Å². The molecule has 2 aliphatic heterocycles. The number of aromatic nitrogens is 2. The fourth-order valence-corrected chi connectivity index (χ4v) is 3.98. The number of hydrogen-bond acceptors (Lipinski definition) is 5. The summed E-state index contributed by atoms with van der Waals surface area (Å²) in [5, 5.41) is 0. The number of halogens is 1. The molecular weight excluding hydrogens is 307 g/mol. The Balaban J connectivity index is 1.48. The van der Waals surface area contributed by atoms with Crippen molar-refractivity contribution in [1.29, 1.82) is 0 Å². The third-order valence-corrected chi connectivity index (χ3v) is 5.30. The minimum Gasteiger partial charge on any atom is -0.468 e. The lowest BCUT2D eigenvalue weighted by Crippen LogP contribution is -2.52. The summed E-state index contributed by atoms with van der Waals surface area (Å²) in [6.45, 7) is 5.77. The first kappa shape index (κ1) is 15.6. The Kier molecular flexibility index (Phi) is 4.00. The number of rotatable bonds is 3. The lowest BCUT2D eigenvalue weighted by Gasteiger charge is -2.42. The predicted octanol–water partition coefficient (Wildman–Crippen LogP) is 2.82. The van der Waals surface area contributed by atoms with Crippen LogP contribution in [0.1, 0.15) is 24.2 Å². The zero-order valence-corrected chi connectivity index (χ0v) is 14.0. The standard InChI is InChI=1S/C18H23FN4O/c1-14-9-20-17(21-10-14)23-6-4-16(19)18(13-23)5-7-22(12-18)11-15-3-2-8-24-15/h2-3,8-10,16H,4-7,11-13H2,1H3/t16-,18-/m1/s1. The van der Waals surface area contributed by atoms with Gasteiger partial charge in [-0.2, -0.15) is 0 Å². The van der Waals surface area contributed by atoms with Gasteiger partial charge >= 0.3 is 0 Å². The van der Waals surface area contributed by atoms with Gasteiger partial charge in [0.25, 0.3) is 0 Å². The van der Waals surface area contributed by atoms with E-state index in [-0.39, 0.29) is 5.41 Å². The van der Waals surface area contributed by atoms with Crippen molar-refractivity contribution in [3.05, 3.63) is 42.1 Å². The molecule has 6 heteroatoms. The molecule has 2 aromatic rings. The van der Waals surface area contributed by atoms with Crippen molar-refractivity contribution < 1.29 is 8.81 Å². The zero-order chi connectivity index (χ0) is 16.6. The van der Waals surface area contributed by atoms with Crippen molar-refractivity contribution in [3.8, 4) is 0 Å². The van der Waals surface area contributed by atoms with E-state index in [4.69, 9.17) is 4.42 Å². The summed E-state index contributed by atoms with van der Waals surface area (Å²) in [6, 6.07) is 3.88. The molecule has 128 valence electrons. The molecule has 2 saturated heterocycles. The lowest BCUT2D eigenvalue weighted by atomic mass is 9.77. The average Bonchev–Trinajstić information content (AvgIpc) is 3.22. The fraction of sp³-hybridized carbons (Fsp3) is 0.556. The normalized spacial score (nSPS) is 27.9. The van der Waals surface area contributed by atoms with Crippen LogP contribution in [0.5, 0.6) is 0 Å². The highest BCUT2D eigenvalue weighted by Crippen LogP contribution is 2.42. The lowest BCUT2D eigenvalue weighted by molar-refractivity contribution is 0.0857.